The van der Waals surface area contributed by atoms with Crippen molar-refractivity contribution >= 4 is 26.0 Å². The lowest BCUT2D eigenvalue weighted by Gasteiger charge is -2.12. The Morgan fingerprint density at radius 1 is 1.29 bits per heavy atom. The smallest absolute Gasteiger partial charge is 0.211 e. The normalized spacial score (nSPS) is 14.6. The Labute approximate surface area is 95.8 Å². The molecule has 0 bridgehead atoms. The maximum absolute atomic E-state index is 11.4. The summed E-state index contributed by atoms with van der Waals surface area (Å²) in [7, 11) is -3.06. The van der Waals surface area contributed by atoms with Crippen LogP contribution in [0.5, 0.6) is 0 Å². The molecule has 1 atom stereocenters. The van der Waals surface area contributed by atoms with Gasteiger partial charge in [-0.25, -0.2) is 13.1 Å². The molecule has 0 aromatic carbocycles. The molecular formula is C9H20BrNO2S. The summed E-state index contributed by atoms with van der Waals surface area (Å²) in [6, 6.07) is 0. The third-order valence-electron chi connectivity index (χ3n) is 1.81. The predicted molar refractivity (Wildman–Crippen MR) is 64.2 cm³/mol. The van der Waals surface area contributed by atoms with E-state index in [9.17, 15) is 8.42 Å². The molecular weight excluding hydrogens is 266 g/mol. The molecule has 5 heteroatoms. The SMILES string of the molecule is CC(C)CS(=O)(=O)NCC(C)CCBr. The summed E-state index contributed by atoms with van der Waals surface area (Å²) < 4.78 is 25.5. The molecule has 86 valence electrons. The van der Waals surface area contributed by atoms with Crippen molar-refractivity contribution in [3.05, 3.63) is 0 Å². The van der Waals surface area contributed by atoms with Gasteiger partial charge in [0.2, 0.25) is 10.0 Å². The van der Waals surface area contributed by atoms with Crippen molar-refractivity contribution in [2.75, 3.05) is 17.6 Å². The molecule has 1 unspecified atom stereocenters. The highest BCUT2D eigenvalue weighted by Gasteiger charge is 2.13. The Hall–Kier alpha value is 0.390. The van der Waals surface area contributed by atoms with Crippen molar-refractivity contribution in [3.63, 3.8) is 0 Å². The first-order valence-corrected chi connectivity index (χ1v) is 7.68. The van der Waals surface area contributed by atoms with Gasteiger partial charge in [-0.1, -0.05) is 36.7 Å². The monoisotopic (exact) mass is 285 g/mol. The Kier molecular flexibility index (Phi) is 6.99. The zero-order valence-corrected chi connectivity index (χ0v) is 11.5. The zero-order chi connectivity index (χ0) is 11.2. The zero-order valence-electron chi connectivity index (χ0n) is 9.09. The average Bonchev–Trinajstić information content (AvgIpc) is 1.99. The van der Waals surface area contributed by atoms with Gasteiger partial charge in [-0.15, -0.1) is 0 Å². The standard InChI is InChI=1S/C9H20BrNO2S/c1-8(2)7-14(12,13)11-6-9(3)4-5-10/h8-9,11H,4-7H2,1-3H3. The molecule has 0 aromatic heterocycles. The van der Waals surface area contributed by atoms with Gasteiger partial charge in [-0.05, 0) is 18.3 Å². The molecule has 0 saturated heterocycles. The molecule has 0 aliphatic rings. The summed E-state index contributed by atoms with van der Waals surface area (Å²) in [5.74, 6) is 0.781. The molecule has 0 saturated carbocycles. The lowest BCUT2D eigenvalue weighted by Crippen LogP contribution is -2.32. The summed E-state index contributed by atoms with van der Waals surface area (Å²) in [6.45, 7) is 6.39. The van der Waals surface area contributed by atoms with Crippen LogP contribution in [0.1, 0.15) is 27.2 Å². The third kappa shape index (κ3) is 7.76. The highest BCUT2D eigenvalue weighted by atomic mass is 79.9. The molecule has 0 aliphatic carbocycles. The second-order valence-corrected chi connectivity index (χ2v) is 6.75. The average molecular weight is 286 g/mol. The minimum atomic E-state index is -3.06. The van der Waals surface area contributed by atoms with Gasteiger partial charge in [-0.2, -0.15) is 0 Å². The Balaban J connectivity index is 3.87. The van der Waals surface area contributed by atoms with Crippen molar-refractivity contribution in [2.45, 2.75) is 27.2 Å². The van der Waals surface area contributed by atoms with Crippen LogP contribution in [0.25, 0.3) is 0 Å². The summed E-state index contributed by atoms with van der Waals surface area (Å²) in [5, 5.41) is 0.917. The van der Waals surface area contributed by atoms with Gasteiger partial charge in [0, 0.05) is 11.9 Å². The summed E-state index contributed by atoms with van der Waals surface area (Å²) in [6.07, 6.45) is 0.990. The van der Waals surface area contributed by atoms with Gasteiger partial charge in [-0.3, -0.25) is 0 Å². The van der Waals surface area contributed by atoms with E-state index in [2.05, 4.69) is 20.7 Å². The lowest BCUT2D eigenvalue weighted by atomic mass is 10.1. The van der Waals surface area contributed by atoms with Crippen molar-refractivity contribution < 1.29 is 8.42 Å². The van der Waals surface area contributed by atoms with Crippen LogP contribution in [0.15, 0.2) is 0 Å². The van der Waals surface area contributed by atoms with E-state index in [1.165, 1.54) is 0 Å². The van der Waals surface area contributed by atoms with E-state index in [4.69, 9.17) is 0 Å². The van der Waals surface area contributed by atoms with E-state index in [-0.39, 0.29) is 11.7 Å². The molecule has 14 heavy (non-hydrogen) atoms. The molecule has 3 nitrogen and oxygen atoms in total. The van der Waals surface area contributed by atoms with Gasteiger partial charge in [0.05, 0.1) is 5.75 Å². The molecule has 0 aromatic rings. The highest BCUT2D eigenvalue weighted by molar-refractivity contribution is 9.09. The van der Waals surface area contributed by atoms with Crippen LogP contribution in [-0.4, -0.2) is 26.0 Å². The first-order valence-electron chi connectivity index (χ1n) is 4.90. The summed E-state index contributed by atoms with van der Waals surface area (Å²) in [5.41, 5.74) is 0. The van der Waals surface area contributed by atoms with Crippen LogP contribution in [0.3, 0.4) is 0 Å². The topological polar surface area (TPSA) is 46.2 Å². The van der Waals surface area contributed by atoms with Crippen LogP contribution in [-0.2, 0) is 10.0 Å². The van der Waals surface area contributed by atoms with Crippen molar-refractivity contribution in [2.24, 2.45) is 11.8 Å². The molecule has 0 heterocycles. The van der Waals surface area contributed by atoms with E-state index < -0.39 is 10.0 Å². The van der Waals surface area contributed by atoms with E-state index in [1.807, 2.05) is 20.8 Å². The van der Waals surface area contributed by atoms with Gasteiger partial charge < -0.3 is 0 Å². The van der Waals surface area contributed by atoms with E-state index in [1.54, 1.807) is 0 Å². The molecule has 0 rings (SSSR count). The second kappa shape index (κ2) is 6.80. The Morgan fingerprint density at radius 3 is 2.29 bits per heavy atom. The number of nitrogens with one attached hydrogen (secondary N) is 1. The maximum Gasteiger partial charge on any atom is 0.211 e. The summed E-state index contributed by atoms with van der Waals surface area (Å²) in [4.78, 5) is 0. The largest absolute Gasteiger partial charge is 0.215 e. The highest BCUT2D eigenvalue weighted by Crippen LogP contribution is 2.04. The first kappa shape index (κ1) is 14.4. The van der Waals surface area contributed by atoms with E-state index >= 15 is 0 Å². The predicted octanol–water partition coefficient (Wildman–Crippen LogP) is 1.98. The van der Waals surface area contributed by atoms with E-state index in [0.717, 1.165) is 11.8 Å². The number of halogens is 1. The number of hydrogen-bond donors (Lipinski definition) is 1. The van der Waals surface area contributed by atoms with Gasteiger partial charge in [0.25, 0.3) is 0 Å². The van der Waals surface area contributed by atoms with Crippen molar-refractivity contribution in [1.82, 2.24) is 4.72 Å². The molecule has 0 radical (unpaired) electrons. The minimum Gasteiger partial charge on any atom is -0.215 e. The molecule has 0 aliphatic heterocycles. The van der Waals surface area contributed by atoms with Crippen LogP contribution >= 0.6 is 15.9 Å². The van der Waals surface area contributed by atoms with Crippen molar-refractivity contribution in [3.8, 4) is 0 Å². The van der Waals surface area contributed by atoms with Gasteiger partial charge >= 0.3 is 0 Å². The van der Waals surface area contributed by atoms with Crippen LogP contribution in [0.4, 0.5) is 0 Å². The molecule has 0 amide bonds. The number of rotatable bonds is 7. The summed E-state index contributed by atoms with van der Waals surface area (Å²) >= 11 is 3.33. The Morgan fingerprint density at radius 2 is 1.86 bits per heavy atom. The van der Waals surface area contributed by atoms with Gasteiger partial charge in [0.15, 0.2) is 0 Å². The number of alkyl halides is 1. The maximum atomic E-state index is 11.4. The fourth-order valence-electron chi connectivity index (χ4n) is 1.06. The fraction of sp³-hybridized carbons (Fsp3) is 1.00. The van der Waals surface area contributed by atoms with Crippen LogP contribution in [0, 0.1) is 11.8 Å². The number of sulfonamides is 1. The second-order valence-electron chi connectivity index (χ2n) is 4.11. The first-order chi connectivity index (χ1) is 6.37. The van der Waals surface area contributed by atoms with Crippen LogP contribution < -0.4 is 4.72 Å². The lowest BCUT2D eigenvalue weighted by molar-refractivity contribution is 0.526. The fourth-order valence-corrected chi connectivity index (χ4v) is 3.37. The molecule has 0 spiro atoms. The molecule has 0 fully saturated rings. The number of hydrogen-bond acceptors (Lipinski definition) is 2. The quantitative estimate of drug-likeness (QED) is 0.727. The van der Waals surface area contributed by atoms with Gasteiger partial charge in [0.1, 0.15) is 0 Å². The van der Waals surface area contributed by atoms with E-state index in [0.29, 0.717) is 12.5 Å². The Bertz CT molecular complexity index is 239. The minimum absolute atomic E-state index is 0.180. The molecule has 1 N–H and O–H groups in total. The van der Waals surface area contributed by atoms with Crippen molar-refractivity contribution in [1.29, 1.82) is 0 Å². The van der Waals surface area contributed by atoms with Crippen LogP contribution in [0.2, 0.25) is 0 Å². The third-order valence-corrected chi connectivity index (χ3v) is 3.98.